The first-order valence-electron chi connectivity index (χ1n) is 5.80. The van der Waals surface area contributed by atoms with Crippen LogP contribution in [-0.2, 0) is 4.79 Å². The number of alkyl halides is 1. The number of rotatable bonds is 2. The van der Waals surface area contributed by atoms with Crippen molar-refractivity contribution >= 4 is 33.4 Å². The van der Waals surface area contributed by atoms with Crippen molar-refractivity contribution in [3.05, 3.63) is 34.9 Å². The van der Waals surface area contributed by atoms with Crippen LogP contribution >= 0.6 is 27.5 Å². The average molecular weight is 317 g/mol. The van der Waals surface area contributed by atoms with E-state index in [1.165, 1.54) is 0 Å². The van der Waals surface area contributed by atoms with E-state index in [-0.39, 0.29) is 16.8 Å². The van der Waals surface area contributed by atoms with Gasteiger partial charge in [0.05, 0.1) is 10.9 Å². The molecule has 0 bridgehead atoms. The van der Waals surface area contributed by atoms with Gasteiger partial charge in [-0.25, -0.2) is 0 Å². The summed E-state index contributed by atoms with van der Waals surface area (Å²) in [5.74, 6) is 0.170. The average Bonchev–Trinajstić information content (AvgIpc) is 2.32. The largest absolute Gasteiger partial charge is 0.335 e. The number of hydrogen-bond acceptors (Lipinski definition) is 1. The van der Waals surface area contributed by atoms with Crippen molar-refractivity contribution in [2.45, 2.75) is 30.6 Å². The minimum absolute atomic E-state index is 0.0385. The third-order valence-corrected chi connectivity index (χ3v) is 4.42. The first-order valence-corrected chi connectivity index (χ1v) is 7.09. The highest BCUT2D eigenvalue weighted by molar-refractivity contribution is 9.10. The Kier molecular flexibility index (Phi) is 4.10. The molecule has 0 saturated carbocycles. The lowest BCUT2D eigenvalue weighted by molar-refractivity contribution is -0.134. The molecule has 2 unspecified atom stereocenters. The molecule has 2 atom stereocenters. The van der Waals surface area contributed by atoms with E-state index < -0.39 is 0 Å². The van der Waals surface area contributed by atoms with Crippen LogP contribution < -0.4 is 0 Å². The summed E-state index contributed by atoms with van der Waals surface area (Å²) in [6, 6.07) is 7.75. The van der Waals surface area contributed by atoms with Gasteiger partial charge in [-0.05, 0) is 31.4 Å². The second-order valence-electron chi connectivity index (χ2n) is 4.34. The minimum Gasteiger partial charge on any atom is -0.335 e. The highest BCUT2D eigenvalue weighted by Crippen LogP contribution is 2.31. The number of nitrogens with zero attached hydrogens (tertiary/aromatic N) is 1. The van der Waals surface area contributed by atoms with Gasteiger partial charge in [0.1, 0.15) is 0 Å². The van der Waals surface area contributed by atoms with Crippen LogP contribution in [0, 0.1) is 0 Å². The molecular weight excluding hydrogens is 302 g/mol. The van der Waals surface area contributed by atoms with Gasteiger partial charge in [-0.1, -0.05) is 45.7 Å². The zero-order chi connectivity index (χ0) is 12.4. The summed E-state index contributed by atoms with van der Waals surface area (Å²) in [6.07, 6.45) is 1.96. The lowest BCUT2D eigenvalue weighted by Crippen LogP contribution is -2.43. The highest BCUT2D eigenvalue weighted by Gasteiger charge is 2.30. The van der Waals surface area contributed by atoms with Gasteiger partial charge in [-0.3, -0.25) is 4.79 Å². The molecule has 1 aromatic rings. The first-order chi connectivity index (χ1) is 8.11. The summed E-state index contributed by atoms with van der Waals surface area (Å²) >= 11 is 9.60. The van der Waals surface area contributed by atoms with Crippen molar-refractivity contribution in [3.63, 3.8) is 0 Å². The fourth-order valence-corrected chi connectivity index (χ4v) is 3.10. The van der Waals surface area contributed by atoms with E-state index >= 15 is 0 Å². The van der Waals surface area contributed by atoms with Gasteiger partial charge in [-0.15, -0.1) is 0 Å². The van der Waals surface area contributed by atoms with Crippen molar-refractivity contribution in [2.75, 3.05) is 6.54 Å². The smallest absolute Gasteiger partial charge is 0.236 e. The summed E-state index contributed by atoms with van der Waals surface area (Å²) < 4.78 is 0. The topological polar surface area (TPSA) is 20.3 Å². The van der Waals surface area contributed by atoms with Crippen LogP contribution in [0.4, 0.5) is 0 Å². The molecule has 0 N–H and O–H groups in total. The van der Waals surface area contributed by atoms with E-state index in [4.69, 9.17) is 11.6 Å². The zero-order valence-corrected chi connectivity index (χ0v) is 12.0. The summed E-state index contributed by atoms with van der Waals surface area (Å²) in [5, 5.41) is 0.726. The van der Waals surface area contributed by atoms with Crippen LogP contribution in [0.25, 0.3) is 0 Å². The van der Waals surface area contributed by atoms with Crippen LogP contribution in [-0.4, -0.2) is 22.2 Å². The molecule has 4 heteroatoms. The lowest BCUT2D eigenvalue weighted by atomic mass is 10.0. The summed E-state index contributed by atoms with van der Waals surface area (Å²) in [4.78, 5) is 14.0. The maximum atomic E-state index is 12.1. The Morgan fingerprint density at radius 1 is 1.47 bits per heavy atom. The number of carbonyl (C=O) groups is 1. The van der Waals surface area contributed by atoms with Gasteiger partial charge in [0.15, 0.2) is 0 Å². The Balaban J connectivity index is 2.22. The molecule has 1 amide bonds. The molecule has 1 aliphatic rings. The van der Waals surface area contributed by atoms with Gasteiger partial charge in [0.25, 0.3) is 0 Å². The molecular formula is C13H15BrClNO. The number of amides is 1. The third kappa shape index (κ3) is 2.66. The zero-order valence-electron chi connectivity index (χ0n) is 9.70. The van der Waals surface area contributed by atoms with Crippen LogP contribution in [0.5, 0.6) is 0 Å². The van der Waals surface area contributed by atoms with E-state index in [2.05, 4.69) is 15.9 Å². The summed E-state index contributed by atoms with van der Waals surface area (Å²) in [5.41, 5.74) is 1.02. The van der Waals surface area contributed by atoms with E-state index in [0.29, 0.717) is 0 Å². The maximum Gasteiger partial charge on any atom is 0.236 e. The van der Waals surface area contributed by atoms with Crippen molar-refractivity contribution in [1.82, 2.24) is 4.90 Å². The molecule has 0 aliphatic carbocycles. The molecule has 0 spiro atoms. The Labute approximate surface area is 115 Å². The number of piperidine rings is 1. The van der Waals surface area contributed by atoms with Crippen LogP contribution in [0.3, 0.4) is 0 Å². The Morgan fingerprint density at radius 2 is 2.18 bits per heavy atom. The summed E-state index contributed by atoms with van der Waals surface area (Å²) in [6.45, 7) is 2.84. The predicted molar refractivity (Wildman–Crippen MR) is 73.5 cm³/mol. The molecule has 1 fully saturated rings. The van der Waals surface area contributed by atoms with Crippen LogP contribution in [0.1, 0.15) is 31.4 Å². The molecule has 1 heterocycles. The summed E-state index contributed by atoms with van der Waals surface area (Å²) in [7, 11) is 0. The molecule has 1 saturated heterocycles. The molecule has 2 rings (SSSR count). The van der Waals surface area contributed by atoms with Crippen molar-refractivity contribution in [3.8, 4) is 0 Å². The van der Waals surface area contributed by atoms with Crippen molar-refractivity contribution < 1.29 is 4.79 Å². The van der Waals surface area contributed by atoms with Gasteiger partial charge in [0.2, 0.25) is 5.91 Å². The molecule has 17 heavy (non-hydrogen) atoms. The van der Waals surface area contributed by atoms with E-state index in [1.54, 1.807) is 0 Å². The molecule has 1 aromatic carbocycles. The van der Waals surface area contributed by atoms with Crippen LogP contribution in [0.2, 0.25) is 5.02 Å². The van der Waals surface area contributed by atoms with E-state index in [9.17, 15) is 4.79 Å². The number of hydrogen-bond donors (Lipinski definition) is 0. The fourth-order valence-electron chi connectivity index (χ4n) is 2.22. The highest BCUT2D eigenvalue weighted by atomic mass is 79.9. The van der Waals surface area contributed by atoms with Crippen LogP contribution in [0.15, 0.2) is 24.3 Å². The fraction of sp³-hybridized carbons (Fsp3) is 0.462. The normalized spacial score (nSPS) is 22.6. The Morgan fingerprint density at radius 3 is 2.88 bits per heavy atom. The Bertz CT molecular complexity index is 424. The Hall–Kier alpha value is -0.540. The number of halogens is 2. The predicted octanol–water partition coefficient (Wildman–Crippen LogP) is 3.79. The van der Waals surface area contributed by atoms with Crippen molar-refractivity contribution in [2.24, 2.45) is 0 Å². The number of benzene rings is 1. The molecule has 2 nitrogen and oxygen atoms in total. The SMILES string of the molecule is CC(c1ccccc1Cl)N1CCCC(Br)C1=O. The number of carbonyl (C=O) groups excluding carboxylic acids is 1. The van der Waals surface area contributed by atoms with Gasteiger partial charge >= 0.3 is 0 Å². The first kappa shape index (κ1) is 12.9. The van der Waals surface area contributed by atoms with Gasteiger partial charge < -0.3 is 4.90 Å². The van der Waals surface area contributed by atoms with Gasteiger partial charge in [0, 0.05) is 11.6 Å². The second-order valence-corrected chi connectivity index (χ2v) is 5.85. The molecule has 92 valence electrons. The molecule has 0 radical (unpaired) electrons. The molecule has 1 aliphatic heterocycles. The second kappa shape index (κ2) is 5.40. The quantitative estimate of drug-likeness (QED) is 0.760. The minimum atomic E-state index is -0.0406. The number of likely N-dealkylation sites (tertiary alicyclic amines) is 1. The monoisotopic (exact) mass is 315 g/mol. The lowest BCUT2D eigenvalue weighted by Gasteiger charge is -2.35. The third-order valence-electron chi connectivity index (χ3n) is 3.23. The van der Waals surface area contributed by atoms with E-state index in [0.717, 1.165) is 30.0 Å². The maximum absolute atomic E-state index is 12.1. The standard InChI is InChI=1S/C13H15BrClNO/c1-9(10-5-2-3-7-12(10)15)16-8-4-6-11(14)13(16)17/h2-3,5,7,9,11H,4,6,8H2,1H3. The molecule has 0 aromatic heterocycles. The van der Waals surface area contributed by atoms with Gasteiger partial charge in [-0.2, -0.15) is 0 Å². The van der Waals surface area contributed by atoms with E-state index in [1.807, 2.05) is 36.1 Å². The van der Waals surface area contributed by atoms with Crippen molar-refractivity contribution in [1.29, 1.82) is 0 Å².